The molecule has 1 heterocycles. The molecule has 1 aromatic carbocycles. The molecule has 0 aromatic heterocycles. The number of nitrogens with one attached hydrogen (secondary N) is 1. The second-order valence-electron chi connectivity index (χ2n) is 7.31. The van der Waals surface area contributed by atoms with Gasteiger partial charge in [0.15, 0.2) is 0 Å². The zero-order valence-corrected chi connectivity index (χ0v) is 14.7. The van der Waals surface area contributed by atoms with Crippen molar-refractivity contribution in [3.63, 3.8) is 0 Å². The monoisotopic (exact) mass is 318 g/mol. The number of hydrogen-bond donors (Lipinski definition) is 1. The molecule has 1 unspecified atom stereocenters. The Morgan fingerprint density at radius 3 is 2.70 bits per heavy atom. The second kappa shape index (κ2) is 8.34. The Morgan fingerprint density at radius 2 is 2.00 bits per heavy atom. The van der Waals surface area contributed by atoms with Gasteiger partial charge in [0.05, 0.1) is 0 Å². The Kier molecular flexibility index (Phi) is 6.46. The van der Waals surface area contributed by atoms with Crippen molar-refractivity contribution in [1.29, 1.82) is 0 Å². The van der Waals surface area contributed by atoms with Crippen molar-refractivity contribution in [3.8, 4) is 0 Å². The van der Waals surface area contributed by atoms with Crippen molar-refractivity contribution in [2.75, 3.05) is 19.6 Å². The molecule has 1 saturated heterocycles. The van der Waals surface area contributed by atoms with Gasteiger partial charge in [0, 0.05) is 19.1 Å². The van der Waals surface area contributed by atoms with Gasteiger partial charge in [0.2, 0.25) is 0 Å². The molecule has 0 bridgehead atoms. The number of nitrogens with zero attached hydrogens (tertiary/aromatic N) is 1. The van der Waals surface area contributed by atoms with Crippen molar-refractivity contribution in [2.24, 2.45) is 0 Å². The van der Waals surface area contributed by atoms with Crippen LogP contribution in [0, 0.1) is 0 Å². The molecule has 1 aliphatic heterocycles. The maximum Gasteiger partial charge on any atom is 0.410 e. The summed E-state index contributed by atoms with van der Waals surface area (Å²) < 4.78 is 5.51. The highest BCUT2D eigenvalue weighted by Gasteiger charge is 2.26. The largest absolute Gasteiger partial charge is 0.444 e. The van der Waals surface area contributed by atoms with E-state index in [0.29, 0.717) is 6.04 Å². The average molecular weight is 318 g/mol. The molecule has 1 aliphatic rings. The maximum atomic E-state index is 12.3. The van der Waals surface area contributed by atoms with Gasteiger partial charge in [-0.2, -0.15) is 0 Å². The van der Waals surface area contributed by atoms with Gasteiger partial charge in [0.1, 0.15) is 5.60 Å². The van der Waals surface area contributed by atoms with Crippen molar-refractivity contribution < 1.29 is 9.53 Å². The van der Waals surface area contributed by atoms with E-state index < -0.39 is 5.60 Å². The molecule has 1 fully saturated rings. The van der Waals surface area contributed by atoms with Crippen LogP contribution in [-0.4, -0.2) is 42.3 Å². The molecule has 0 saturated carbocycles. The molecule has 1 aromatic rings. The molecule has 0 spiro atoms. The first kappa shape index (κ1) is 17.8. The fourth-order valence-corrected chi connectivity index (χ4v) is 2.87. The third kappa shape index (κ3) is 6.61. The number of rotatable bonds is 4. The average Bonchev–Trinajstić information content (AvgIpc) is 2.72. The van der Waals surface area contributed by atoms with Gasteiger partial charge < -0.3 is 15.0 Å². The predicted octanol–water partition coefficient (Wildman–Crippen LogP) is 3.61. The van der Waals surface area contributed by atoms with E-state index in [4.69, 9.17) is 4.74 Å². The van der Waals surface area contributed by atoms with Crippen LogP contribution in [0.5, 0.6) is 0 Å². The van der Waals surface area contributed by atoms with E-state index in [-0.39, 0.29) is 6.09 Å². The summed E-state index contributed by atoms with van der Waals surface area (Å²) in [5.74, 6) is 0. The van der Waals surface area contributed by atoms with Gasteiger partial charge in [-0.15, -0.1) is 0 Å². The van der Waals surface area contributed by atoms with Gasteiger partial charge in [-0.05, 0) is 52.1 Å². The molecule has 0 radical (unpaired) electrons. The smallest absolute Gasteiger partial charge is 0.410 e. The van der Waals surface area contributed by atoms with E-state index >= 15 is 0 Å². The van der Waals surface area contributed by atoms with Crippen LogP contribution < -0.4 is 5.32 Å². The molecule has 1 N–H and O–H groups in total. The fraction of sp³-hybridized carbons (Fsp3) is 0.632. The van der Waals surface area contributed by atoms with Crippen LogP contribution in [0.1, 0.15) is 45.6 Å². The summed E-state index contributed by atoms with van der Waals surface area (Å²) >= 11 is 0. The van der Waals surface area contributed by atoms with E-state index in [1.807, 2.05) is 31.7 Å². The Bertz CT molecular complexity index is 482. The lowest BCUT2D eigenvalue weighted by Gasteiger charge is -2.28. The SMILES string of the molecule is CC(C)(C)OC(=O)N1CCCCC(NCCc2ccccc2)C1. The van der Waals surface area contributed by atoms with Crippen molar-refractivity contribution >= 4 is 6.09 Å². The molecule has 128 valence electrons. The molecule has 1 amide bonds. The summed E-state index contributed by atoms with van der Waals surface area (Å²) in [7, 11) is 0. The zero-order chi connectivity index (χ0) is 16.7. The number of hydrogen-bond acceptors (Lipinski definition) is 3. The molecule has 1 atom stereocenters. The Balaban J connectivity index is 1.81. The summed E-state index contributed by atoms with van der Waals surface area (Å²) in [5.41, 5.74) is 0.914. The zero-order valence-electron chi connectivity index (χ0n) is 14.7. The third-order valence-electron chi connectivity index (χ3n) is 4.01. The van der Waals surface area contributed by atoms with Crippen LogP contribution in [0.15, 0.2) is 30.3 Å². The number of carbonyl (C=O) groups is 1. The van der Waals surface area contributed by atoms with Crippen LogP contribution in [0.2, 0.25) is 0 Å². The quantitative estimate of drug-likeness (QED) is 0.922. The number of amides is 1. The highest BCUT2D eigenvalue weighted by atomic mass is 16.6. The van der Waals surface area contributed by atoms with E-state index in [1.165, 1.54) is 5.56 Å². The Labute approximate surface area is 140 Å². The molecule has 4 nitrogen and oxygen atoms in total. The minimum absolute atomic E-state index is 0.186. The van der Waals surface area contributed by atoms with Gasteiger partial charge in [-0.25, -0.2) is 4.79 Å². The van der Waals surface area contributed by atoms with Crippen molar-refractivity contribution in [2.45, 2.75) is 58.1 Å². The van der Waals surface area contributed by atoms with Crippen LogP contribution in [0.25, 0.3) is 0 Å². The number of ether oxygens (including phenoxy) is 1. The number of carbonyl (C=O) groups excluding carboxylic acids is 1. The van der Waals surface area contributed by atoms with E-state index in [9.17, 15) is 4.79 Å². The first-order valence-corrected chi connectivity index (χ1v) is 8.69. The lowest BCUT2D eigenvalue weighted by atomic mass is 10.1. The number of benzene rings is 1. The molecule has 4 heteroatoms. The van der Waals surface area contributed by atoms with Crippen LogP contribution in [0.4, 0.5) is 4.79 Å². The predicted molar refractivity (Wildman–Crippen MR) is 93.6 cm³/mol. The lowest BCUT2D eigenvalue weighted by Crippen LogP contribution is -2.44. The minimum atomic E-state index is -0.431. The molecule has 0 aliphatic carbocycles. The standard InChI is InChI=1S/C19H30N2O2/c1-19(2,3)23-18(22)21-14-8-7-11-17(15-21)20-13-12-16-9-5-4-6-10-16/h4-6,9-10,17,20H,7-8,11-15H2,1-3H3. The molecule has 2 rings (SSSR count). The Morgan fingerprint density at radius 1 is 1.26 bits per heavy atom. The normalized spacial score (nSPS) is 19.3. The molecular weight excluding hydrogens is 288 g/mol. The summed E-state index contributed by atoms with van der Waals surface area (Å²) in [5, 5.41) is 3.61. The first-order chi connectivity index (χ1) is 10.9. The second-order valence-corrected chi connectivity index (χ2v) is 7.31. The van der Waals surface area contributed by atoms with Crippen molar-refractivity contribution in [3.05, 3.63) is 35.9 Å². The van der Waals surface area contributed by atoms with Gasteiger partial charge >= 0.3 is 6.09 Å². The van der Waals surface area contributed by atoms with E-state index in [2.05, 4.69) is 29.6 Å². The highest BCUT2D eigenvalue weighted by Crippen LogP contribution is 2.15. The number of likely N-dealkylation sites (tertiary alicyclic amines) is 1. The third-order valence-corrected chi connectivity index (χ3v) is 4.01. The lowest BCUT2D eigenvalue weighted by molar-refractivity contribution is 0.0244. The molecular formula is C19H30N2O2. The van der Waals surface area contributed by atoms with Gasteiger partial charge in [-0.1, -0.05) is 36.8 Å². The topological polar surface area (TPSA) is 41.6 Å². The van der Waals surface area contributed by atoms with Crippen LogP contribution in [0.3, 0.4) is 0 Å². The first-order valence-electron chi connectivity index (χ1n) is 8.69. The molecule has 23 heavy (non-hydrogen) atoms. The summed E-state index contributed by atoms with van der Waals surface area (Å²) in [4.78, 5) is 14.1. The van der Waals surface area contributed by atoms with Gasteiger partial charge in [-0.3, -0.25) is 0 Å². The van der Waals surface area contributed by atoms with E-state index in [0.717, 1.165) is 45.3 Å². The van der Waals surface area contributed by atoms with Gasteiger partial charge in [0.25, 0.3) is 0 Å². The minimum Gasteiger partial charge on any atom is -0.444 e. The summed E-state index contributed by atoms with van der Waals surface area (Å²) in [6.45, 7) is 8.22. The van der Waals surface area contributed by atoms with Crippen molar-refractivity contribution in [1.82, 2.24) is 10.2 Å². The highest BCUT2D eigenvalue weighted by molar-refractivity contribution is 5.68. The fourth-order valence-electron chi connectivity index (χ4n) is 2.87. The maximum absolute atomic E-state index is 12.3. The summed E-state index contributed by atoms with van der Waals surface area (Å²) in [6, 6.07) is 10.9. The van der Waals surface area contributed by atoms with Crippen LogP contribution in [-0.2, 0) is 11.2 Å². The summed E-state index contributed by atoms with van der Waals surface area (Å²) in [6.07, 6.45) is 4.16. The Hall–Kier alpha value is -1.55. The van der Waals surface area contributed by atoms with E-state index in [1.54, 1.807) is 0 Å². The van der Waals surface area contributed by atoms with Crippen LogP contribution >= 0.6 is 0 Å².